The molecular weight excluding hydrogens is 344 g/mol. The van der Waals surface area contributed by atoms with Crippen LogP contribution in [0.15, 0.2) is 84.6 Å². The van der Waals surface area contributed by atoms with Gasteiger partial charge in [0.2, 0.25) is 0 Å². The molecule has 5 aromatic rings. The van der Waals surface area contributed by atoms with Crippen LogP contribution in [0.2, 0.25) is 0 Å². The smallest absolute Gasteiger partial charge is 0.0636 e. The normalized spacial score (nSPS) is 19.7. The first-order chi connectivity index (χ1) is 16.7. The number of hydrogen-bond acceptors (Lipinski definition) is 0. The molecule has 5 rings (SSSR count). The Bertz CT molecular complexity index is 1610. The van der Waals surface area contributed by atoms with Gasteiger partial charge in [-0.05, 0) is 79.3 Å². The summed E-state index contributed by atoms with van der Waals surface area (Å²) in [7, 11) is 0. The minimum atomic E-state index is -0.630. The van der Waals surface area contributed by atoms with Crippen molar-refractivity contribution in [3.05, 3.63) is 84.6 Å². The summed E-state index contributed by atoms with van der Waals surface area (Å²) in [6, 6.07) is -8.10. The molecule has 0 bridgehead atoms. The summed E-state index contributed by atoms with van der Waals surface area (Å²) in [5.41, 5.74) is 0. The van der Waals surface area contributed by atoms with Crippen LogP contribution in [0, 0.1) is 0 Å². The van der Waals surface area contributed by atoms with E-state index in [2.05, 4.69) is 0 Å². The SMILES string of the molecule is [2H]c1c([2H])c([2H])c2c([2H])c3c([2H])c4c([2H])c5c([2H])c([2H])c([2H])c([2H])c5c([2H])c4c([2H])c3c([2H])c2c1[2H].[Br-]. The molecule has 1 heteroatoms. The Kier molecular flexibility index (Phi) is 1.31. The van der Waals surface area contributed by atoms with Gasteiger partial charge in [0.1, 0.15) is 0 Å². The number of fused-ring (bicyclic) bond motifs is 4. The maximum Gasteiger partial charge on any atom is 0.0636 e. The first-order valence-corrected chi connectivity index (χ1v) is 6.50. The highest BCUT2D eigenvalue weighted by molar-refractivity contribution is 6.08. The molecule has 0 heterocycles. The molecule has 0 aliphatic carbocycles. The van der Waals surface area contributed by atoms with E-state index in [1.54, 1.807) is 0 Å². The molecule has 0 radical (unpaired) electrons. The summed E-state index contributed by atoms with van der Waals surface area (Å²) in [6.07, 6.45) is 0. The largest absolute Gasteiger partial charge is 1.00 e. The highest BCUT2D eigenvalue weighted by Crippen LogP contribution is 2.29. The molecule has 0 aliphatic rings. The van der Waals surface area contributed by atoms with Gasteiger partial charge < -0.3 is 17.0 Å². The van der Waals surface area contributed by atoms with Crippen LogP contribution < -0.4 is 17.0 Å². The molecule has 0 spiro atoms. The molecule has 0 amide bonds. The fourth-order valence-electron chi connectivity index (χ4n) is 2.38. The van der Waals surface area contributed by atoms with Crippen molar-refractivity contribution < 1.29 is 36.2 Å². The molecule has 0 nitrogen and oxygen atoms in total. The van der Waals surface area contributed by atoms with E-state index >= 15 is 0 Å². The molecule has 0 aliphatic heterocycles. The second-order valence-corrected chi connectivity index (χ2v) is 4.75. The van der Waals surface area contributed by atoms with E-state index < -0.39 is 84.6 Å². The van der Waals surface area contributed by atoms with Crippen LogP contribution in [0.5, 0.6) is 0 Å². The maximum atomic E-state index is 8.82. The number of benzene rings is 5. The third-order valence-corrected chi connectivity index (χ3v) is 3.38. The molecule has 0 N–H and O–H groups in total. The van der Waals surface area contributed by atoms with Crippen LogP contribution in [0.3, 0.4) is 0 Å². The molecule has 110 valence electrons. The van der Waals surface area contributed by atoms with Crippen molar-refractivity contribution >= 4 is 43.1 Å². The Balaban J connectivity index is 0.00000320. The van der Waals surface area contributed by atoms with E-state index in [0.717, 1.165) is 0 Å². The lowest BCUT2D eigenvalue weighted by molar-refractivity contribution is -0.00000405. The van der Waals surface area contributed by atoms with Gasteiger partial charge in [-0.25, -0.2) is 0 Å². The molecule has 0 saturated carbocycles. The van der Waals surface area contributed by atoms with Gasteiger partial charge in [-0.15, -0.1) is 0 Å². The van der Waals surface area contributed by atoms with Crippen molar-refractivity contribution in [2.24, 2.45) is 0 Å². The van der Waals surface area contributed by atoms with E-state index in [1.807, 2.05) is 0 Å². The summed E-state index contributed by atoms with van der Waals surface area (Å²) >= 11 is 0. The van der Waals surface area contributed by atoms with Crippen LogP contribution in [0.25, 0.3) is 43.1 Å². The van der Waals surface area contributed by atoms with Gasteiger partial charge in [-0.1, -0.05) is 48.3 Å². The third kappa shape index (κ3) is 2.29. The Labute approximate surface area is 164 Å². The van der Waals surface area contributed by atoms with Gasteiger partial charge >= 0.3 is 0 Å². The molecule has 0 saturated heterocycles. The summed E-state index contributed by atoms with van der Waals surface area (Å²) < 4.78 is 117. The number of halogens is 1. The van der Waals surface area contributed by atoms with Crippen LogP contribution in [-0.2, 0) is 0 Å². The minimum Gasteiger partial charge on any atom is -1.00 e. The van der Waals surface area contributed by atoms with Gasteiger partial charge in [0, 0.05) is 0 Å². The van der Waals surface area contributed by atoms with Gasteiger partial charge in [-0.2, -0.15) is 0 Å². The Morgan fingerprint density at radius 1 is 0.391 bits per heavy atom. The zero-order valence-corrected chi connectivity index (χ0v) is 13.0. The summed E-state index contributed by atoms with van der Waals surface area (Å²) in [6.45, 7) is 0. The Hall–Kier alpha value is -2.38. The van der Waals surface area contributed by atoms with Crippen LogP contribution in [-0.4, -0.2) is 0 Å². The van der Waals surface area contributed by atoms with E-state index in [4.69, 9.17) is 19.2 Å². The lowest BCUT2D eigenvalue weighted by Gasteiger charge is -2.07. The fourth-order valence-corrected chi connectivity index (χ4v) is 2.38. The van der Waals surface area contributed by atoms with E-state index in [0.29, 0.717) is 0 Å². The predicted molar refractivity (Wildman–Crippen MR) is 96.5 cm³/mol. The van der Waals surface area contributed by atoms with Crippen molar-refractivity contribution in [3.63, 3.8) is 0 Å². The van der Waals surface area contributed by atoms with Gasteiger partial charge in [0.25, 0.3) is 0 Å². The van der Waals surface area contributed by atoms with Gasteiger partial charge in [0.15, 0.2) is 0 Å². The third-order valence-electron chi connectivity index (χ3n) is 3.38. The van der Waals surface area contributed by atoms with E-state index in [1.165, 1.54) is 0 Å². The second-order valence-electron chi connectivity index (χ2n) is 4.75. The quantitative estimate of drug-likeness (QED) is 0.366. The summed E-state index contributed by atoms with van der Waals surface area (Å²) in [5.74, 6) is 0. The average molecular weight is 372 g/mol. The predicted octanol–water partition coefficient (Wildman–Crippen LogP) is 3.30. The number of hydrogen-bond donors (Lipinski definition) is 0. The van der Waals surface area contributed by atoms with Crippen molar-refractivity contribution in [2.75, 3.05) is 0 Å². The number of rotatable bonds is 0. The molecule has 0 aromatic heterocycles. The van der Waals surface area contributed by atoms with Gasteiger partial charge in [0.05, 0.1) is 19.2 Å². The average Bonchev–Trinajstić information content (AvgIpc) is 2.83. The fraction of sp³-hybridized carbons (Fsp3) is 0. The van der Waals surface area contributed by atoms with Gasteiger partial charge in [-0.3, -0.25) is 0 Å². The standard InChI is InChI=1S/C22H14.BrH/c1-2-6-16-10-20-14-22-12-18-8-4-3-7-17(18)11-21(22)13-19(20)9-15(16)5-1;/h1-14H;1H/p-1/i1D,2D,3D,4D,5D,6D,7D,8D,9D,10D,11D,12D,13D,14D;. The lowest BCUT2D eigenvalue weighted by atomic mass is 9.97. The van der Waals surface area contributed by atoms with Crippen LogP contribution >= 0.6 is 0 Å². The monoisotopic (exact) mass is 371 g/mol. The van der Waals surface area contributed by atoms with Crippen LogP contribution in [0.1, 0.15) is 19.2 Å². The molecule has 0 fully saturated rings. The van der Waals surface area contributed by atoms with E-state index in [9.17, 15) is 0 Å². The Morgan fingerprint density at radius 2 is 0.609 bits per heavy atom. The maximum absolute atomic E-state index is 8.82. The highest BCUT2D eigenvalue weighted by atomic mass is 79.9. The highest BCUT2D eigenvalue weighted by Gasteiger charge is 2.02. The molecular formula is C22H14Br-. The molecule has 0 unspecified atom stereocenters. The first kappa shape index (κ1) is 5.61. The molecule has 0 atom stereocenters. The zero-order valence-electron chi connectivity index (χ0n) is 25.4. The van der Waals surface area contributed by atoms with Crippen molar-refractivity contribution in [3.8, 4) is 0 Å². The van der Waals surface area contributed by atoms with E-state index in [-0.39, 0.29) is 60.1 Å². The van der Waals surface area contributed by atoms with Crippen molar-refractivity contribution in [1.29, 1.82) is 0 Å². The van der Waals surface area contributed by atoms with Crippen molar-refractivity contribution in [2.45, 2.75) is 0 Å². The topological polar surface area (TPSA) is 0 Å². The molecule has 23 heavy (non-hydrogen) atoms. The summed E-state index contributed by atoms with van der Waals surface area (Å²) in [5, 5.41) is -2.52. The summed E-state index contributed by atoms with van der Waals surface area (Å²) in [4.78, 5) is 0. The minimum absolute atomic E-state index is 0. The van der Waals surface area contributed by atoms with Crippen LogP contribution in [0.4, 0.5) is 0 Å². The lowest BCUT2D eigenvalue weighted by Crippen LogP contribution is -3.00. The second kappa shape index (κ2) is 5.36. The Morgan fingerprint density at radius 3 is 0.870 bits per heavy atom. The van der Waals surface area contributed by atoms with Crippen molar-refractivity contribution in [1.82, 2.24) is 0 Å². The zero-order chi connectivity index (χ0) is 26.7. The molecule has 5 aromatic carbocycles. The first-order valence-electron chi connectivity index (χ1n) is 13.5.